The first-order valence-electron chi connectivity index (χ1n) is 13.4. The quantitative estimate of drug-likeness (QED) is 0.284. The Morgan fingerprint density at radius 1 is 1.00 bits per heavy atom. The summed E-state index contributed by atoms with van der Waals surface area (Å²) in [7, 11) is 1.60. The van der Waals surface area contributed by atoms with Crippen molar-refractivity contribution in [1.82, 2.24) is 0 Å². The number of carboxylic acid groups (broad SMARTS) is 1. The van der Waals surface area contributed by atoms with Crippen LogP contribution in [0.1, 0.15) is 86.8 Å². The maximum atomic E-state index is 14.9. The number of halogens is 1. The van der Waals surface area contributed by atoms with Gasteiger partial charge in [-0.05, 0) is 83.7 Å². The van der Waals surface area contributed by atoms with E-state index in [1.54, 1.807) is 19.2 Å². The summed E-state index contributed by atoms with van der Waals surface area (Å²) < 4.78 is 26.5. The van der Waals surface area contributed by atoms with Crippen molar-refractivity contribution in [3.05, 3.63) is 83.2 Å². The van der Waals surface area contributed by atoms with Crippen LogP contribution < -0.4 is 9.47 Å². The predicted molar refractivity (Wildman–Crippen MR) is 145 cm³/mol. The minimum absolute atomic E-state index is 0.0269. The molecule has 0 saturated heterocycles. The fourth-order valence-corrected chi connectivity index (χ4v) is 5.51. The summed E-state index contributed by atoms with van der Waals surface area (Å²) in [4.78, 5) is 11.3. The zero-order valence-corrected chi connectivity index (χ0v) is 21.8. The van der Waals surface area contributed by atoms with Crippen molar-refractivity contribution in [3.8, 4) is 22.6 Å². The zero-order valence-electron chi connectivity index (χ0n) is 21.8. The summed E-state index contributed by atoms with van der Waals surface area (Å²) in [5.74, 6) is 0.701. The van der Waals surface area contributed by atoms with E-state index in [2.05, 4.69) is 13.0 Å². The molecule has 0 amide bonds. The smallest absolute Gasteiger partial charge is 0.303 e. The van der Waals surface area contributed by atoms with Gasteiger partial charge in [-0.25, -0.2) is 4.39 Å². The van der Waals surface area contributed by atoms with Crippen LogP contribution in [0.25, 0.3) is 11.1 Å². The summed E-state index contributed by atoms with van der Waals surface area (Å²) in [5.41, 5.74) is 4.69. The van der Waals surface area contributed by atoms with Crippen LogP contribution in [0.15, 0.2) is 60.7 Å². The van der Waals surface area contributed by atoms with Gasteiger partial charge in [-0.2, -0.15) is 0 Å². The van der Waals surface area contributed by atoms with E-state index < -0.39 is 5.97 Å². The standard InChI is InChI=1S/C32H37FO4/c1-3-8-24(19-32(34)35)25-11-7-12-27(18-25)37-21-22-13-15-28(29(17-22)23-9-5-4-6-10-23)30-20-26(36-2)14-16-31(30)33/h7,11-18,20,23-24H,3-6,8-10,19,21H2,1-2H3,(H,34,35)/t24-/m1/s1. The van der Waals surface area contributed by atoms with Crippen molar-refractivity contribution < 1.29 is 23.8 Å². The van der Waals surface area contributed by atoms with Crippen LogP contribution in [0.4, 0.5) is 4.39 Å². The first-order chi connectivity index (χ1) is 18.0. The molecule has 1 atom stereocenters. The molecule has 4 nitrogen and oxygen atoms in total. The Morgan fingerprint density at radius 2 is 1.81 bits per heavy atom. The molecule has 0 spiro atoms. The first-order valence-corrected chi connectivity index (χ1v) is 13.4. The third-order valence-corrected chi connectivity index (χ3v) is 7.42. The van der Waals surface area contributed by atoms with E-state index >= 15 is 0 Å². The number of aliphatic carboxylic acids is 1. The van der Waals surface area contributed by atoms with E-state index in [0.717, 1.165) is 48.1 Å². The molecule has 1 N–H and O–H groups in total. The highest BCUT2D eigenvalue weighted by Gasteiger charge is 2.22. The van der Waals surface area contributed by atoms with E-state index in [9.17, 15) is 14.3 Å². The topological polar surface area (TPSA) is 55.8 Å². The Bertz CT molecular complexity index is 1200. The van der Waals surface area contributed by atoms with Gasteiger partial charge in [0.1, 0.15) is 23.9 Å². The van der Waals surface area contributed by atoms with Gasteiger partial charge in [0.05, 0.1) is 13.5 Å². The number of carbonyl (C=O) groups is 1. The molecule has 196 valence electrons. The van der Waals surface area contributed by atoms with Gasteiger partial charge >= 0.3 is 5.97 Å². The summed E-state index contributed by atoms with van der Waals surface area (Å²) in [5, 5.41) is 9.32. The molecule has 1 fully saturated rings. The summed E-state index contributed by atoms with van der Waals surface area (Å²) in [6.07, 6.45) is 7.70. The number of hydrogen-bond acceptors (Lipinski definition) is 3. The number of rotatable bonds is 11. The molecular formula is C32H37FO4. The van der Waals surface area contributed by atoms with Crippen molar-refractivity contribution in [2.24, 2.45) is 0 Å². The normalized spacial score (nSPS) is 14.8. The largest absolute Gasteiger partial charge is 0.497 e. The maximum Gasteiger partial charge on any atom is 0.303 e. The highest BCUT2D eigenvalue weighted by atomic mass is 19.1. The van der Waals surface area contributed by atoms with Gasteiger partial charge in [-0.1, -0.05) is 62.9 Å². The van der Waals surface area contributed by atoms with Gasteiger partial charge in [0.25, 0.3) is 0 Å². The molecule has 1 aliphatic rings. The average Bonchev–Trinajstić information content (AvgIpc) is 2.92. The van der Waals surface area contributed by atoms with Crippen LogP contribution in [-0.2, 0) is 11.4 Å². The number of methoxy groups -OCH3 is 1. The average molecular weight is 505 g/mol. The van der Waals surface area contributed by atoms with Gasteiger partial charge in [-0.3, -0.25) is 4.79 Å². The Kier molecular flexibility index (Phi) is 9.21. The monoisotopic (exact) mass is 504 g/mol. The van der Waals surface area contributed by atoms with Crippen LogP contribution in [0, 0.1) is 5.82 Å². The SMILES string of the molecule is CCC[C@H](CC(=O)O)c1cccc(OCc2ccc(-c3cc(OC)ccc3F)c(C3CCCCC3)c2)c1. The molecule has 37 heavy (non-hydrogen) atoms. The minimum atomic E-state index is -0.785. The molecule has 3 aromatic rings. The fourth-order valence-electron chi connectivity index (χ4n) is 5.51. The van der Waals surface area contributed by atoms with E-state index in [1.165, 1.54) is 30.9 Å². The molecule has 4 rings (SSSR count). The van der Waals surface area contributed by atoms with E-state index in [1.807, 2.05) is 36.4 Å². The Hall–Kier alpha value is -3.34. The van der Waals surface area contributed by atoms with Crippen molar-refractivity contribution in [1.29, 1.82) is 0 Å². The molecule has 0 unspecified atom stereocenters. The molecule has 0 aliphatic heterocycles. The van der Waals surface area contributed by atoms with Crippen LogP contribution in [0.2, 0.25) is 0 Å². The highest BCUT2D eigenvalue weighted by molar-refractivity contribution is 5.71. The van der Waals surface area contributed by atoms with Crippen LogP contribution >= 0.6 is 0 Å². The molecule has 0 heterocycles. The Labute approximate surface area is 219 Å². The number of carboxylic acids is 1. The number of ether oxygens (including phenoxy) is 2. The second kappa shape index (κ2) is 12.8. The van der Waals surface area contributed by atoms with Crippen molar-refractivity contribution >= 4 is 5.97 Å². The summed E-state index contributed by atoms with van der Waals surface area (Å²) in [6, 6.07) is 18.9. The van der Waals surface area contributed by atoms with Gasteiger partial charge in [0, 0.05) is 5.56 Å². The van der Waals surface area contributed by atoms with Gasteiger partial charge in [0.2, 0.25) is 0 Å². The van der Waals surface area contributed by atoms with E-state index in [0.29, 0.717) is 23.8 Å². The Balaban J connectivity index is 1.59. The van der Waals surface area contributed by atoms with Crippen LogP contribution in [-0.4, -0.2) is 18.2 Å². The molecule has 0 radical (unpaired) electrons. The van der Waals surface area contributed by atoms with E-state index in [4.69, 9.17) is 9.47 Å². The van der Waals surface area contributed by atoms with Crippen LogP contribution in [0.3, 0.4) is 0 Å². The van der Waals surface area contributed by atoms with Gasteiger partial charge in [-0.15, -0.1) is 0 Å². The summed E-state index contributed by atoms with van der Waals surface area (Å²) in [6.45, 7) is 2.46. The number of benzene rings is 3. The molecule has 1 saturated carbocycles. The lowest BCUT2D eigenvalue weighted by Gasteiger charge is -2.25. The van der Waals surface area contributed by atoms with Crippen molar-refractivity contribution in [3.63, 3.8) is 0 Å². The molecule has 0 aromatic heterocycles. The number of hydrogen-bond donors (Lipinski definition) is 1. The van der Waals surface area contributed by atoms with Crippen molar-refractivity contribution in [2.75, 3.05) is 7.11 Å². The second-order valence-corrected chi connectivity index (χ2v) is 10.0. The fraction of sp³-hybridized carbons (Fsp3) is 0.406. The molecule has 0 bridgehead atoms. The van der Waals surface area contributed by atoms with Crippen molar-refractivity contribution in [2.45, 2.75) is 76.7 Å². The third kappa shape index (κ3) is 6.91. The summed E-state index contributed by atoms with van der Waals surface area (Å²) >= 11 is 0. The highest BCUT2D eigenvalue weighted by Crippen LogP contribution is 2.40. The lowest BCUT2D eigenvalue weighted by molar-refractivity contribution is -0.137. The third-order valence-electron chi connectivity index (χ3n) is 7.42. The lowest BCUT2D eigenvalue weighted by atomic mass is 9.80. The molecule has 5 heteroatoms. The molecule has 1 aliphatic carbocycles. The molecule has 3 aromatic carbocycles. The zero-order chi connectivity index (χ0) is 26.2. The van der Waals surface area contributed by atoms with Gasteiger partial charge < -0.3 is 14.6 Å². The predicted octanol–water partition coefficient (Wildman–Crippen LogP) is 8.49. The maximum absolute atomic E-state index is 14.9. The first kappa shape index (κ1) is 26.7. The minimum Gasteiger partial charge on any atom is -0.497 e. The lowest BCUT2D eigenvalue weighted by Crippen LogP contribution is -2.08. The second-order valence-electron chi connectivity index (χ2n) is 10.0. The van der Waals surface area contributed by atoms with Gasteiger partial charge in [0.15, 0.2) is 0 Å². The Morgan fingerprint density at radius 3 is 2.54 bits per heavy atom. The van der Waals surface area contributed by atoms with E-state index in [-0.39, 0.29) is 18.2 Å². The van der Waals surface area contributed by atoms with Crippen LogP contribution in [0.5, 0.6) is 11.5 Å². The molecular weight excluding hydrogens is 467 g/mol.